The van der Waals surface area contributed by atoms with Gasteiger partial charge >= 0.3 is 0 Å². The summed E-state index contributed by atoms with van der Waals surface area (Å²) in [7, 11) is 0. The lowest BCUT2D eigenvalue weighted by molar-refractivity contribution is 0.0295. The summed E-state index contributed by atoms with van der Waals surface area (Å²) in [6, 6.07) is 13.6. The predicted molar refractivity (Wildman–Crippen MR) is 99.5 cm³/mol. The third-order valence-electron chi connectivity index (χ3n) is 4.42. The minimum atomic E-state index is 0.160. The highest BCUT2D eigenvalue weighted by molar-refractivity contribution is 5.55. The van der Waals surface area contributed by atoms with Gasteiger partial charge in [-0.1, -0.05) is 12.1 Å². The van der Waals surface area contributed by atoms with E-state index in [0.29, 0.717) is 6.61 Å². The standard InChI is InChI=1S/C20H21N5O/c1-3-10-21-16(6-1)15-26-17-7-5-13-25(14-17)20-23-12-9-19(24-20)18-8-2-4-11-22-18/h1-4,6,8-12,17H,5,7,13-15H2/t17-/m1/s1. The first-order valence-corrected chi connectivity index (χ1v) is 8.89. The number of ether oxygens (including phenoxy) is 1. The zero-order chi connectivity index (χ0) is 17.6. The number of rotatable bonds is 5. The van der Waals surface area contributed by atoms with E-state index in [9.17, 15) is 0 Å². The molecule has 4 rings (SSSR count). The molecule has 6 heteroatoms. The molecule has 1 aliphatic rings. The van der Waals surface area contributed by atoms with E-state index in [1.54, 1.807) is 18.6 Å². The molecule has 0 radical (unpaired) electrons. The van der Waals surface area contributed by atoms with Gasteiger partial charge in [0.2, 0.25) is 5.95 Å². The maximum atomic E-state index is 6.06. The fourth-order valence-electron chi connectivity index (χ4n) is 3.10. The van der Waals surface area contributed by atoms with Crippen LogP contribution in [0.25, 0.3) is 11.4 Å². The number of nitrogens with zero attached hydrogens (tertiary/aromatic N) is 5. The second-order valence-corrected chi connectivity index (χ2v) is 6.30. The molecule has 0 aliphatic carbocycles. The van der Waals surface area contributed by atoms with Gasteiger partial charge in [-0.15, -0.1) is 0 Å². The second kappa shape index (κ2) is 8.01. The van der Waals surface area contributed by atoms with Crippen LogP contribution in [0.1, 0.15) is 18.5 Å². The number of piperidine rings is 1. The minimum Gasteiger partial charge on any atom is -0.370 e. The summed E-state index contributed by atoms with van der Waals surface area (Å²) in [5, 5.41) is 0. The lowest BCUT2D eigenvalue weighted by Gasteiger charge is -2.32. The van der Waals surface area contributed by atoms with E-state index < -0.39 is 0 Å². The Kier molecular flexibility index (Phi) is 5.12. The number of pyridine rings is 2. The third-order valence-corrected chi connectivity index (χ3v) is 4.42. The molecule has 1 atom stereocenters. The molecular formula is C20H21N5O. The first-order chi connectivity index (χ1) is 12.9. The van der Waals surface area contributed by atoms with E-state index in [2.05, 4.69) is 19.9 Å². The Labute approximate surface area is 152 Å². The highest BCUT2D eigenvalue weighted by Gasteiger charge is 2.22. The van der Waals surface area contributed by atoms with Crippen LogP contribution < -0.4 is 4.90 Å². The van der Waals surface area contributed by atoms with Gasteiger partial charge in [-0.2, -0.15) is 0 Å². The average molecular weight is 347 g/mol. The molecule has 3 aromatic heterocycles. The van der Waals surface area contributed by atoms with Gasteiger partial charge in [-0.25, -0.2) is 9.97 Å². The summed E-state index contributed by atoms with van der Waals surface area (Å²) in [4.78, 5) is 20.0. The lowest BCUT2D eigenvalue weighted by atomic mass is 10.1. The van der Waals surface area contributed by atoms with Crippen LogP contribution in [0.15, 0.2) is 61.1 Å². The van der Waals surface area contributed by atoms with E-state index in [1.807, 2.05) is 42.5 Å². The highest BCUT2D eigenvalue weighted by Crippen LogP contribution is 2.21. The van der Waals surface area contributed by atoms with Crippen molar-refractivity contribution >= 4 is 5.95 Å². The number of anilines is 1. The normalized spacial score (nSPS) is 17.2. The summed E-state index contributed by atoms with van der Waals surface area (Å²) in [6.07, 6.45) is 7.63. The van der Waals surface area contributed by atoms with Gasteiger partial charge in [0, 0.05) is 31.7 Å². The van der Waals surface area contributed by atoms with E-state index in [-0.39, 0.29) is 6.10 Å². The molecule has 3 aromatic rings. The number of hydrogen-bond acceptors (Lipinski definition) is 6. The van der Waals surface area contributed by atoms with Crippen molar-refractivity contribution in [2.75, 3.05) is 18.0 Å². The molecule has 0 bridgehead atoms. The number of hydrogen-bond donors (Lipinski definition) is 0. The Morgan fingerprint density at radius 3 is 2.62 bits per heavy atom. The summed E-state index contributed by atoms with van der Waals surface area (Å²) >= 11 is 0. The van der Waals surface area contributed by atoms with Gasteiger partial charge in [0.1, 0.15) is 0 Å². The Hall–Kier alpha value is -2.86. The fourth-order valence-corrected chi connectivity index (χ4v) is 3.10. The Morgan fingerprint density at radius 1 is 0.923 bits per heavy atom. The molecule has 0 spiro atoms. The van der Waals surface area contributed by atoms with Crippen molar-refractivity contribution in [2.24, 2.45) is 0 Å². The summed E-state index contributed by atoms with van der Waals surface area (Å²) in [5.41, 5.74) is 2.65. The van der Waals surface area contributed by atoms with Crippen molar-refractivity contribution in [3.8, 4) is 11.4 Å². The van der Waals surface area contributed by atoms with E-state index in [1.165, 1.54) is 0 Å². The SMILES string of the molecule is c1ccc(CO[C@@H]2CCCN(c3nccc(-c4ccccn4)n3)C2)nc1. The zero-order valence-corrected chi connectivity index (χ0v) is 14.5. The summed E-state index contributed by atoms with van der Waals surface area (Å²) in [5.74, 6) is 0.735. The van der Waals surface area contributed by atoms with Gasteiger partial charge in [0.15, 0.2) is 0 Å². The molecule has 0 amide bonds. The van der Waals surface area contributed by atoms with Crippen molar-refractivity contribution < 1.29 is 4.74 Å². The Morgan fingerprint density at radius 2 is 1.81 bits per heavy atom. The van der Waals surface area contributed by atoms with Gasteiger partial charge in [0.05, 0.1) is 29.8 Å². The van der Waals surface area contributed by atoms with Crippen LogP contribution in [0.4, 0.5) is 5.95 Å². The van der Waals surface area contributed by atoms with Crippen LogP contribution in [0, 0.1) is 0 Å². The van der Waals surface area contributed by atoms with Gasteiger partial charge in [-0.3, -0.25) is 9.97 Å². The summed E-state index contributed by atoms with van der Waals surface area (Å²) in [6.45, 7) is 2.27. The number of aromatic nitrogens is 4. The topological polar surface area (TPSA) is 64.0 Å². The molecule has 0 N–H and O–H groups in total. The molecule has 1 aliphatic heterocycles. The molecule has 132 valence electrons. The summed E-state index contributed by atoms with van der Waals surface area (Å²) < 4.78 is 6.06. The Balaban J connectivity index is 1.43. The monoisotopic (exact) mass is 347 g/mol. The van der Waals surface area contributed by atoms with E-state index in [4.69, 9.17) is 9.72 Å². The van der Waals surface area contributed by atoms with Crippen LogP contribution in [0.2, 0.25) is 0 Å². The predicted octanol–water partition coefficient (Wildman–Crippen LogP) is 3.12. The lowest BCUT2D eigenvalue weighted by Crippen LogP contribution is -2.40. The van der Waals surface area contributed by atoms with Crippen molar-refractivity contribution in [2.45, 2.75) is 25.6 Å². The van der Waals surface area contributed by atoms with Crippen LogP contribution in [0.5, 0.6) is 0 Å². The molecule has 0 unspecified atom stereocenters. The zero-order valence-electron chi connectivity index (χ0n) is 14.5. The molecular weight excluding hydrogens is 326 g/mol. The van der Waals surface area contributed by atoms with Gasteiger partial charge < -0.3 is 9.64 Å². The fraction of sp³-hybridized carbons (Fsp3) is 0.300. The molecule has 6 nitrogen and oxygen atoms in total. The Bertz CT molecular complexity index is 828. The second-order valence-electron chi connectivity index (χ2n) is 6.30. The molecule has 4 heterocycles. The van der Waals surface area contributed by atoms with Crippen molar-refractivity contribution in [3.63, 3.8) is 0 Å². The smallest absolute Gasteiger partial charge is 0.225 e. The first-order valence-electron chi connectivity index (χ1n) is 8.89. The average Bonchev–Trinajstić information content (AvgIpc) is 2.74. The minimum absolute atomic E-state index is 0.160. The molecule has 1 fully saturated rings. The molecule has 26 heavy (non-hydrogen) atoms. The molecule has 1 saturated heterocycles. The van der Waals surface area contributed by atoms with Crippen LogP contribution >= 0.6 is 0 Å². The molecule has 0 saturated carbocycles. The van der Waals surface area contributed by atoms with Gasteiger partial charge in [-0.05, 0) is 43.2 Å². The van der Waals surface area contributed by atoms with Crippen LogP contribution in [-0.2, 0) is 11.3 Å². The van der Waals surface area contributed by atoms with Crippen molar-refractivity contribution in [3.05, 3.63) is 66.7 Å². The maximum Gasteiger partial charge on any atom is 0.225 e. The van der Waals surface area contributed by atoms with E-state index in [0.717, 1.165) is 49.0 Å². The largest absolute Gasteiger partial charge is 0.370 e. The van der Waals surface area contributed by atoms with Crippen LogP contribution in [-0.4, -0.2) is 39.1 Å². The first kappa shape index (κ1) is 16.6. The van der Waals surface area contributed by atoms with Crippen molar-refractivity contribution in [1.29, 1.82) is 0 Å². The van der Waals surface area contributed by atoms with E-state index >= 15 is 0 Å². The maximum absolute atomic E-state index is 6.06. The van der Waals surface area contributed by atoms with Crippen LogP contribution in [0.3, 0.4) is 0 Å². The third kappa shape index (κ3) is 4.03. The highest BCUT2D eigenvalue weighted by atomic mass is 16.5. The molecule has 0 aromatic carbocycles. The van der Waals surface area contributed by atoms with Crippen molar-refractivity contribution in [1.82, 2.24) is 19.9 Å². The van der Waals surface area contributed by atoms with Gasteiger partial charge in [0.25, 0.3) is 0 Å². The quantitative estimate of drug-likeness (QED) is 0.707.